The van der Waals surface area contributed by atoms with Gasteiger partial charge in [-0.2, -0.15) is 11.8 Å². The first kappa shape index (κ1) is 14.3. The van der Waals surface area contributed by atoms with Crippen LogP contribution < -0.4 is 10.2 Å². The molecule has 2 nitrogen and oxygen atoms in total. The molecule has 2 aliphatic rings. The van der Waals surface area contributed by atoms with E-state index in [0.717, 1.165) is 11.8 Å². The van der Waals surface area contributed by atoms with Gasteiger partial charge >= 0.3 is 0 Å². The van der Waals surface area contributed by atoms with E-state index in [2.05, 4.69) is 46.2 Å². The first-order chi connectivity index (χ1) is 9.93. The highest BCUT2D eigenvalue weighted by atomic mass is 32.2. The van der Waals surface area contributed by atoms with Crippen molar-refractivity contribution in [2.24, 2.45) is 0 Å². The quantitative estimate of drug-likeness (QED) is 0.891. The molecule has 0 saturated carbocycles. The molecule has 2 saturated heterocycles. The number of hydrogen-bond donors (Lipinski definition) is 1. The zero-order chi connectivity index (χ0) is 13.6. The second-order valence-electron chi connectivity index (χ2n) is 5.94. The standard InChI is InChI=1S/C17H26N2S/c1-2-9-17(19-10-4-5-11-19)15(7-1)13-18-14-16-8-3-6-12-20-16/h1-2,7,9,16,18H,3-6,8,10-14H2. The lowest BCUT2D eigenvalue weighted by Crippen LogP contribution is -2.27. The third-order valence-corrected chi connectivity index (χ3v) is 5.80. The minimum Gasteiger partial charge on any atom is -0.371 e. The normalized spacial score (nSPS) is 23.2. The van der Waals surface area contributed by atoms with E-state index in [9.17, 15) is 0 Å². The molecule has 0 amide bonds. The van der Waals surface area contributed by atoms with Gasteiger partial charge in [0.15, 0.2) is 0 Å². The Morgan fingerprint density at radius 1 is 1.10 bits per heavy atom. The van der Waals surface area contributed by atoms with Crippen LogP contribution in [-0.2, 0) is 6.54 Å². The van der Waals surface area contributed by atoms with E-state index in [-0.39, 0.29) is 0 Å². The first-order valence-electron chi connectivity index (χ1n) is 8.08. The van der Waals surface area contributed by atoms with Crippen molar-refractivity contribution >= 4 is 17.4 Å². The van der Waals surface area contributed by atoms with Crippen LogP contribution in [-0.4, -0.2) is 30.6 Å². The molecule has 1 N–H and O–H groups in total. The third-order valence-electron chi connectivity index (χ3n) is 4.40. The van der Waals surface area contributed by atoms with Gasteiger partial charge in [0, 0.05) is 37.1 Å². The summed E-state index contributed by atoms with van der Waals surface area (Å²) in [5, 5.41) is 4.52. The molecule has 0 bridgehead atoms. The summed E-state index contributed by atoms with van der Waals surface area (Å²) in [6, 6.07) is 8.92. The summed E-state index contributed by atoms with van der Waals surface area (Å²) in [7, 11) is 0. The van der Waals surface area contributed by atoms with E-state index < -0.39 is 0 Å². The van der Waals surface area contributed by atoms with Crippen LogP contribution in [0.25, 0.3) is 0 Å². The molecule has 2 heterocycles. The summed E-state index contributed by atoms with van der Waals surface area (Å²) in [5.41, 5.74) is 2.92. The highest BCUT2D eigenvalue weighted by Gasteiger charge is 2.16. The number of nitrogens with zero attached hydrogens (tertiary/aromatic N) is 1. The monoisotopic (exact) mass is 290 g/mol. The molecule has 2 aliphatic heterocycles. The van der Waals surface area contributed by atoms with Crippen molar-refractivity contribution in [3.63, 3.8) is 0 Å². The smallest absolute Gasteiger partial charge is 0.0411 e. The SMILES string of the molecule is c1ccc(N2CCCC2)c(CNCC2CCCCS2)c1. The highest BCUT2D eigenvalue weighted by molar-refractivity contribution is 7.99. The molecule has 2 fully saturated rings. The van der Waals surface area contributed by atoms with Crippen molar-refractivity contribution in [3.8, 4) is 0 Å². The zero-order valence-corrected chi connectivity index (χ0v) is 13.1. The summed E-state index contributed by atoms with van der Waals surface area (Å²) >= 11 is 2.15. The van der Waals surface area contributed by atoms with Crippen LogP contribution in [0.2, 0.25) is 0 Å². The topological polar surface area (TPSA) is 15.3 Å². The van der Waals surface area contributed by atoms with Crippen LogP contribution in [0.4, 0.5) is 5.69 Å². The van der Waals surface area contributed by atoms with Gasteiger partial charge in [0.05, 0.1) is 0 Å². The Labute approximate surface area is 127 Å². The summed E-state index contributed by atoms with van der Waals surface area (Å²) < 4.78 is 0. The number of hydrogen-bond acceptors (Lipinski definition) is 3. The number of rotatable bonds is 5. The molecule has 3 heteroatoms. The molecule has 0 radical (unpaired) electrons. The number of nitrogens with one attached hydrogen (secondary N) is 1. The predicted octanol–water partition coefficient (Wildman–Crippen LogP) is 3.66. The maximum absolute atomic E-state index is 3.69. The van der Waals surface area contributed by atoms with Crippen molar-refractivity contribution < 1.29 is 0 Å². The molecule has 0 aliphatic carbocycles. The molecular weight excluding hydrogens is 264 g/mol. The molecule has 0 aromatic heterocycles. The van der Waals surface area contributed by atoms with Gasteiger partial charge in [-0.25, -0.2) is 0 Å². The largest absolute Gasteiger partial charge is 0.371 e. The molecule has 1 unspecified atom stereocenters. The van der Waals surface area contributed by atoms with Gasteiger partial charge in [-0.05, 0) is 43.1 Å². The lowest BCUT2D eigenvalue weighted by atomic mass is 10.1. The minimum absolute atomic E-state index is 0.836. The second kappa shape index (κ2) is 7.37. The van der Waals surface area contributed by atoms with Gasteiger partial charge in [-0.3, -0.25) is 0 Å². The average molecular weight is 290 g/mol. The van der Waals surface area contributed by atoms with E-state index in [1.54, 1.807) is 0 Å². The lowest BCUT2D eigenvalue weighted by Gasteiger charge is -2.24. The van der Waals surface area contributed by atoms with Crippen LogP contribution in [0, 0.1) is 0 Å². The molecule has 3 rings (SSSR count). The molecule has 1 aromatic rings. The molecule has 20 heavy (non-hydrogen) atoms. The molecule has 0 spiro atoms. The third kappa shape index (κ3) is 3.70. The Bertz CT molecular complexity index is 409. The number of thioether (sulfide) groups is 1. The van der Waals surface area contributed by atoms with Crippen LogP contribution in [0.1, 0.15) is 37.7 Å². The van der Waals surface area contributed by atoms with E-state index in [4.69, 9.17) is 0 Å². The summed E-state index contributed by atoms with van der Waals surface area (Å²) in [4.78, 5) is 2.55. The second-order valence-corrected chi connectivity index (χ2v) is 7.35. The Morgan fingerprint density at radius 2 is 1.95 bits per heavy atom. The van der Waals surface area contributed by atoms with Crippen molar-refractivity contribution in [1.29, 1.82) is 0 Å². The zero-order valence-electron chi connectivity index (χ0n) is 12.3. The molecule has 1 aromatic carbocycles. The maximum atomic E-state index is 3.69. The van der Waals surface area contributed by atoms with Crippen LogP contribution >= 0.6 is 11.8 Å². The van der Waals surface area contributed by atoms with Crippen LogP contribution in [0.3, 0.4) is 0 Å². The van der Waals surface area contributed by atoms with Gasteiger partial charge in [-0.1, -0.05) is 24.6 Å². The van der Waals surface area contributed by atoms with E-state index in [1.165, 1.54) is 68.7 Å². The Morgan fingerprint density at radius 3 is 2.75 bits per heavy atom. The Hall–Kier alpha value is -0.670. The van der Waals surface area contributed by atoms with Gasteiger partial charge in [-0.15, -0.1) is 0 Å². The highest BCUT2D eigenvalue weighted by Crippen LogP contribution is 2.26. The fraction of sp³-hybridized carbons (Fsp3) is 0.647. The Balaban J connectivity index is 1.53. The summed E-state index contributed by atoms with van der Waals surface area (Å²) in [6.45, 7) is 4.65. The van der Waals surface area contributed by atoms with E-state index in [1.807, 2.05) is 0 Å². The molecular formula is C17H26N2S. The molecule has 110 valence electrons. The minimum atomic E-state index is 0.836. The van der Waals surface area contributed by atoms with Gasteiger partial charge in [0.25, 0.3) is 0 Å². The van der Waals surface area contributed by atoms with Gasteiger partial charge < -0.3 is 10.2 Å². The van der Waals surface area contributed by atoms with Crippen LogP contribution in [0.15, 0.2) is 24.3 Å². The van der Waals surface area contributed by atoms with E-state index >= 15 is 0 Å². The summed E-state index contributed by atoms with van der Waals surface area (Å²) in [5.74, 6) is 1.36. The average Bonchev–Trinajstić information content (AvgIpc) is 3.03. The van der Waals surface area contributed by atoms with Crippen molar-refractivity contribution in [2.45, 2.75) is 43.9 Å². The lowest BCUT2D eigenvalue weighted by molar-refractivity contribution is 0.597. The Kier molecular flexibility index (Phi) is 5.26. The fourth-order valence-corrected chi connectivity index (χ4v) is 4.54. The van der Waals surface area contributed by atoms with Crippen molar-refractivity contribution in [1.82, 2.24) is 5.32 Å². The fourth-order valence-electron chi connectivity index (χ4n) is 3.26. The maximum Gasteiger partial charge on any atom is 0.0411 e. The summed E-state index contributed by atoms with van der Waals surface area (Å²) in [6.07, 6.45) is 6.93. The van der Waals surface area contributed by atoms with Crippen LogP contribution in [0.5, 0.6) is 0 Å². The van der Waals surface area contributed by atoms with Crippen molar-refractivity contribution in [2.75, 3.05) is 30.3 Å². The number of anilines is 1. The number of benzene rings is 1. The van der Waals surface area contributed by atoms with E-state index in [0.29, 0.717) is 0 Å². The molecule has 1 atom stereocenters. The number of para-hydroxylation sites is 1. The van der Waals surface area contributed by atoms with Gasteiger partial charge in [0.2, 0.25) is 0 Å². The van der Waals surface area contributed by atoms with Crippen molar-refractivity contribution in [3.05, 3.63) is 29.8 Å². The van der Waals surface area contributed by atoms with Gasteiger partial charge in [0.1, 0.15) is 0 Å². The first-order valence-corrected chi connectivity index (χ1v) is 9.13. The predicted molar refractivity (Wildman–Crippen MR) is 89.7 cm³/mol.